The van der Waals surface area contributed by atoms with Crippen LogP contribution in [0.3, 0.4) is 0 Å². The number of nitrogens with zero attached hydrogens (tertiary/aromatic N) is 1. The molecule has 0 radical (unpaired) electrons. The molecular formula is C14H22N2. The van der Waals surface area contributed by atoms with Crippen molar-refractivity contribution in [2.75, 3.05) is 11.9 Å². The number of hydrogen-bond donors (Lipinski definition) is 1. The van der Waals surface area contributed by atoms with Gasteiger partial charge in [-0.3, -0.25) is 4.98 Å². The molecule has 1 heterocycles. The SMILES string of the molecule is Cc1ccc(NCC2CCC(C)CC2)cn1. The number of aromatic nitrogens is 1. The Balaban J connectivity index is 1.77. The van der Waals surface area contributed by atoms with Crippen molar-refractivity contribution in [2.24, 2.45) is 11.8 Å². The van der Waals surface area contributed by atoms with Crippen LogP contribution < -0.4 is 5.32 Å². The van der Waals surface area contributed by atoms with Gasteiger partial charge in [0.05, 0.1) is 11.9 Å². The second-order valence-electron chi connectivity index (χ2n) is 5.20. The fraction of sp³-hybridized carbons (Fsp3) is 0.643. The second kappa shape index (κ2) is 5.33. The molecule has 2 rings (SSSR count). The summed E-state index contributed by atoms with van der Waals surface area (Å²) in [7, 11) is 0. The molecular weight excluding hydrogens is 196 g/mol. The van der Waals surface area contributed by atoms with Crippen molar-refractivity contribution in [1.29, 1.82) is 0 Å². The van der Waals surface area contributed by atoms with Crippen LogP contribution in [0.1, 0.15) is 38.3 Å². The topological polar surface area (TPSA) is 24.9 Å². The predicted molar refractivity (Wildman–Crippen MR) is 68.6 cm³/mol. The third-order valence-electron chi connectivity index (χ3n) is 3.64. The van der Waals surface area contributed by atoms with Gasteiger partial charge in [-0.25, -0.2) is 0 Å². The zero-order chi connectivity index (χ0) is 11.4. The van der Waals surface area contributed by atoms with Crippen LogP contribution in [0.25, 0.3) is 0 Å². The Morgan fingerprint density at radius 2 is 2.00 bits per heavy atom. The summed E-state index contributed by atoms with van der Waals surface area (Å²) < 4.78 is 0. The Hall–Kier alpha value is -1.05. The van der Waals surface area contributed by atoms with Crippen LogP contribution in [0.5, 0.6) is 0 Å². The monoisotopic (exact) mass is 218 g/mol. The maximum Gasteiger partial charge on any atom is 0.0527 e. The van der Waals surface area contributed by atoms with E-state index in [-0.39, 0.29) is 0 Å². The van der Waals surface area contributed by atoms with Crippen LogP contribution in [0.2, 0.25) is 0 Å². The van der Waals surface area contributed by atoms with Crippen molar-refractivity contribution in [3.8, 4) is 0 Å². The first-order chi connectivity index (χ1) is 7.74. The quantitative estimate of drug-likeness (QED) is 0.838. The lowest BCUT2D eigenvalue weighted by Crippen LogP contribution is -2.20. The first kappa shape index (κ1) is 11.4. The van der Waals surface area contributed by atoms with Crippen molar-refractivity contribution in [1.82, 2.24) is 4.98 Å². The molecule has 2 heteroatoms. The first-order valence-corrected chi connectivity index (χ1v) is 6.40. The van der Waals surface area contributed by atoms with Crippen molar-refractivity contribution < 1.29 is 0 Å². The summed E-state index contributed by atoms with van der Waals surface area (Å²) in [5.41, 5.74) is 2.24. The number of rotatable bonds is 3. The van der Waals surface area contributed by atoms with Crippen molar-refractivity contribution in [3.63, 3.8) is 0 Å². The lowest BCUT2D eigenvalue weighted by molar-refractivity contribution is 0.300. The number of pyridine rings is 1. The number of hydrogen-bond acceptors (Lipinski definition) is 2. The van der Waals surface area contributed by atoms with Gasteiger partial charge in [0, 0.05) is 12.2 Å². The smallest absolute Gasteiger partial charge is 0.0527 e. The largest absolute Gasteiger partial charge is 0.384 e. The van der Waals surface area contributed by atoms with E-state index >= 15 is 0 Å². The number of aryl methyl sites for hydroxylation is 1. The summed E-state index contributed by atoms with van der Waals surface area (Å²) in [5.74, 6) is 1.80. The van der Waals surface area contributed by atoms with Gasteiger partial charge in [0.25, 0.3) is 0 Å². The molecule has 0 amide bonds. The lowest BCUT2D eigenvalue weighted by Gasteiger charge is -2.26. The van der Waals surface area contributed by atoms with Gasteiger partial charge in [-0.15, -0.1) is 0 Å². The molecule has 1 saturated carbocycles. The van der Waals surface area contributed by atoms with Gasteiger partial charge < -0.3 is 5.32 Å². The molecule has 1 aromatic heterocycles. The second-order valence-corrected chi connectivity index (χ2v) is 5.20. The van der Waals surface area contributed by atoms with Crippen molar-refractivity contribution in [3.05, 3.63) is 24.0 Å². The Labute approximate surface area is 98.5 Å². The van der Waals surface area contributed by atoms with Crippen LogP contribution in [0.4, 0.5) is 5.69 Å². The van der Waals surface area contributed by atoms with Gasteiger partial charge in [0.2, 0.25) is 0 Å². The van der Waals surface area contributed by atoms with Crippen LogP contribution >= 0.6 is 0 Å². The van der Waals surface area contributed by atoms with E-state index in [1.54, 1.807) is 0 Å². The summed E-state index contributed by atoms with van der Waals surface area (Å²) in [4.78, 5) is 4.29. The highest BCUT2D eigenvalue weighted by atomic mass is 14.9. The molecule has 0 saturated heterocycles. The van der Waals surface area contributed by atoms with E-state index < -0.39 is 0 Å². The maximum absolute atomic E-state index is 4.29. The fourth-order valence-electron chi connectivity index (χ4n) is 2.37. The van der Waals surface area contributed by atoms with Gasteiger partial charge >= 0.3 is 0 Å². The van der Waals surface area contributed by atoms with Crippen LogP contribution in [-0.4, -0.2) is 11.5 Å². The average molecular weight is 218 g/mol. The predicted octanol–water partition coefficient (Wildman–Crippen LogP) is 3.63. The van der Waals surface area contributed by atoms with Crippen LogP contribution in [-0.2, 0) is 0 Å². The van der Waals surface area contributed by atoms with Gasteiger partial charge in [-0.05, 0) is 43.7 Å². The van der Waals surface area contributed by atoms with E-state index in [2.05, 4.69) is 29.4 Å². The summed E-state index contributed by atoms with van der Waals surface area (Å²) in [6.07, 6.45) is 7.50. The Morgan fingerprint density at radius 1 is 1.25 bits per heavy atom. The molecule has 0 atom stereocenters. The van der Waals surface area contributed by atoms with E-state index in [1.165, 1.54) is 25.7 Å². The van der Waals surface area contributed by atoms with Gasteiger partial charge in [0.15, 0.2) is 0 Å². The normalized spacial score (nSPS) is 25.4. The van der Waals surface area contributed by atoms with Gasteiger partial charge in [0.1, 0.15) is 0 Å². The van der Waals surface area contributed by atoms with E-state index in [0.717, 1.165) is 29.8 Å². The molecule has 0 aliphatic heterocycles. The standard InChI is InChI=1S/C14H22N2/c1-11-3-6-13(7-4-11)9-16-14-8-5-12(2)15-10-14/h5,8,10-11,13,16H,3-4,6-7,9H2,1-2H3. The zero-order valence-electron chi connectivity index (χ0n) is 10.4. The van der Waals surface area contributed by atoms with E-state index in [0.29, 0.717) is 0 Å². The molecule has 1 aliphatic carbocycles. The molecule has 2 nitrogen and oxygen atoms in total. The Kier molecular flexibility index (Phi) is 3.81. The summed E-state index contributed by atoms with van der Waals surface area (Å²) in [6, 6.07) is 4.18. The minimum atomic E-state index is 0.859. The van der Waals surface area contributed by atoms with E-state index in [9.17, 15) is 0 Å². The molecule has 16 heavy (non-hydrogen) atoms. The van der Waals surface area contributed by atoms with Crippen molar-refractivity contribution >= 4 is 5.69 Å². The highest BCUT2D eigenvalue weighted by molar-refractivity contribution is 5.40. The summed E-state index contributed by atoms with van der Waals surface area (Å²) >= 11 is 0. The van der Waals surface area contributed by atoms with Gasteiger partial charge in [-0.2, -0.15) is 0 Å². The molecule has 0 aromatic carbocycles. The summed E-state index contributed by atoms with van der Waals surface area (Å²) in [5, 5.41) is 3.49. The highest BCUT2D eigenvalue weighted by Crippen LogP contribution is 2.28. The number of anilines is 1. The van der Waals surface area contributed by atoms with E-state index in [4.69, 9.17) is 0 Å². The van der Waals surface area contributed by atoms with Crippen LogP contribution in [0.15, 0.2) is 18.3 Å². The van der Waals surface area contributed by atoms with Crippen molar-refractivity contribution in [2.45, 2.75) is 39.5 Å². The molecule has 0 unspecified atom stereocenters. The minimum absolute atomic E-state index is 0.859. The van der Waals surface area contributed by atoms with Crippen LogP contribution in [0, 0.1) is 18.8 Å². The summed E-state index contributed by atoms with van der Waals surface area (Å²) in [6.45, 7) is 5.50. The minimum Gasteiger partial charge on any atom is -0.384 e. The zero-order valence-corrected chi connectivity index (χ0v) is 10.4. The molecule has 1 N–H and O–H groups in total. The highest BCUT2D eigenvalue weighted by Gasteiger charge is 2.17. The first-order valence-electron chi connectivity index (χ1n) is 6.40. The average Bonchev–Trinajstić information content (AvgIpc) is 2.30. The molecule has 1 aliphatic rings. The third-order valence-corrected chi connectivity index (χ3v) is 3.64. The molecule has 88 valence electrons. The fourth-order valence-corrected chi connectivity index (χ4v) is 2.37. The van der Waals surface area contributed by atoms with E-state index in [1.807, 2.05) is 13.1 Å². The van der Waals surface area contributed by atoms with Gasteiger partial charge in [-0.1, -0.05) is 19.8 Å². The lowest BCUT2D eigenvalue weighted by atomic mass is 9.83. The molecule has 0 bridgehead atoms. The number of nitrogens with one attached hydrogen (secondary N) is 1. The molecule has 1 aromatic rings. The maximum atomic E-state index is 4.29. The Bertz CT molecular complexity index is 310. The Morgan fingerprint density at radius 3 is 2.62 bits per heavy atom. The molecule has 0 spiro atoms. The third kappa shape index (κ3) is 3.22. The molecule has 1 fully saturated rings.